The van der Waals surface area contributed by atoms with Crippen LogP contribution in [0.1, 0.15) is 12.0 Å². The van der Waals surface area contributed by atoms with Crippen LogP contribution in [-0.4, -0.2) is 13.0 Å². The summed E-state index contributed by atoms with van der Waals surface area (Å²) in [7, 11) is 1.64. The summed E-state index contributed by atoms with van der Waals surface area (Å²) in [6.45, 7) is 0.524. The van der Waals surface area contributed by atoms with Gasteiger partial charge in [0.25, 0.3) is 5.91 Å². The summed E-state index contributed by atoms with van der Waals surface area (Å²) in [5.74, 6) is 0.813. The van der Waals surface area contributed by atoms with E-state index in [1.165, 1.54) is 16.7 Å². The quantitative estimate of drug-likeness (QED) is 0.919. The number of hydrogen-bond acceptors (Lipinski definition) is 2. The Bertz CT molecular complexity index is 761. The number of amides is 1. The van der Waals surface area contributed by atoms with Crippen molar-refractivity contribution >= 4 is 5.91 Å². The average molecular weight is 277 g/mol. The molecule has 3 aliphatic rings. The van der Waals surface area contributed by atoms with Crippen LogP contribution < -0.4 is 10.1 Å². The van der Waals surface area contributed by atoms with E-state index < -0.39 is 0 Å². The smallest absolute Gasteiger partial charge is 0.252 e. The number of hydrogen-bond donors (Lipinski definition) is 1. The van der Waals surface area contributed by atoms with Crippen molar-refractivity contribution in [2.75, 3.05) is 7.11 Å². The van der Waals surface area contributed by atoms with Gasteiger partial charge in [-0.1, -0.05) is 18.2 Å². The van der Waals surface area contributed by atoms with Crippen molar-refractivity contribution in [3.05, 3.63) is 75.9 Å². The average Bonchev–Trinajstić information content (AvgIpc) is 3.00. The van der Waals surface area contributed by atoms with Gasteiger partial charge in [0.2, 0.25) is 0 Å². The third-order valence-corrected chi connectivity index (χ3v) is 4.13. The lowest BCUT2D eigenvalue weighted by atomic mass is 10.1. The van der Waals surface area contributed by atoms with E-state index in [0.717, 1.165) is 28.9 Å². The second-order valence-electron chi connectivity index (χ2n) is 5.43. The summed E-state index contributed by atoms with van der Waals surface area (Å²) < 4.78 is 5.12. The van der Waals surface area contributed by atoms with Crippen LogP contribution in [0.4, 0.5) is 0 Å². The molecule has 0 aromatic heterocycles. The molecule has 4 rings (SSSR count). The minimum absolute atomic E-state index is 0.00850. The Labute approximate surface area is 123 Å². The third-order valence-electron chi connectivity index (χ3n) is 4.13. The number of fused-ring (bicyclic) bond motifs is 2. The number of carbonyl (C=O) groups excluding carboxylic acids is 1. The molecular formula is C18H15NO2. The van der Waals surface area contributed by atoms with Gasteiger partial charge in [-0.15, -0.1) is 0 Å². The maximum absolute atomic E-state index is 12.3. The second-order valence-corrected chi connectivity index (χ2v) is 5.43. The molecule has 21 heavy (non-hydrogen) atoms. The van der Waals surface area contributed by atoms with Gasteiger partial charge < -0.3 is 10.1 Å². The van der Waals surface area contributed by atoms with Crippen LogP contribution in [0.25, 0.3) is 0 Å². The molecule has 104 valence electrons. The van der Waals surface area contributed by atoms with E-state index in [2.05, 4.69) is 17.5 Å². The lowest BCUT2D eigenvalue weighted by molar-refractivity contribution is -0.117. The highest BCUT2D eigenvalue weighted by atomic mass is 16.5. The fourth-order valence-electron chi connectivity index (χ4n) is 2.86. The summed E-state index contributed by atoms with van der Waals surface area (Å²) in [6, 6.07) is 7.72. The highest BCUT2D eigenvalue weighted by molar-refractivity contribution is 6.01. The first-order valence-electron chi connectivity index (χ1n) is 7.04. The van der Waals surface area contributed by atoms with Crippen molar-refractivity contribution in [1.82, 2.24) is 5.32 Å². The number of methoxy groups -OCH3 is 1. The molecule has 3 nitrogen and oxygen atoms in total. The molecule has 0 atom stereocenters. The molecular weight excluding hydrogens is 262 g/mol. The van der Waals surface area contributed by atoms with Crippen LogP contribution in [0.3, 0.4) is 0 Å². The van der Waals surface area contributed by atoms with Crippen molar-refractivity contribution in [1.29, 1.82) is 0 Å². The molecule has 1 N–H and O–H groups in total. The number of allylic oxidation sites excluding steroid dienone is 6. The molecule has 0 saturated heterocycles. The maximum Gasteiger partial charge on any atom is 0.252 e. The minimum atomic E-state index is -0.00850. The lowest BCUT2D eigenvalue weighted by Crippen LogP contribution is -2.24. The zero-order chi connectivity index (χ0) is 14.4. The first kappa shape index (κ1) is 12.2. The number of rotatable bonds is 4. The minimum Gasteiger partial charge on any atom is -0.497 e. The molecule has 0 spiro atoms. The fourth-order valence-corrected chi connectivity index (χ4v) is 2.86. The third kappa shape index (κ3) is 2.02. The van der Waals surface area contributed by atoms with Crippen molar-refractivity contribution in [3.63, 3.8) is 0 Å². The molecule has 0 unspecified atom stereocenters. The van der Waals surface area contributed by atoms with Crippen LogP contribution in [0.15, 0.2) is 70.4 Å². The standard InChI is InChI=1S/C18H15NO2/c1-21-13-4-2-11(3-5-13)10-19-18(20)15-7-6-14-16-8-12(16)9-17(14)15/h2-7,9H,8,10H2,1H3,(H,19,20). The first-order valence-corrected chi connectivity index (χ1v) is 7.04. The van der Waals surface area contributed by atoms with Crippen LogP contribution in [-0.2, 0) is 11.3 Å². The Hall–Kier alpha value is -2.55. The molecule has 0 bridgehead atoms. The van der Waals surface area contributed by atoms with Gasteiger partial charge in [0.05, 0.1) is 7.11 Å². The van der Waals surface area contributed by atoms with Crippen LogP contribution in [0.5, 0.6) is 5.75 Å². The van der Waals surface area contributed by atoms with E-state index in [9.17, 15) is 4.79 Å². The first-order chi connectivity index (χ1) is 10.3. The van der Waals surface area contributed by atoms with Crippen LogP contribution in [0, 0.1) is 0 Å². The van der Waals surface area contributed by atoms with Crippen LogP contribution >= 0.6 is 0 Å². The van der Waals surface area contributed by atoms with E-state index in [0.29, 0.717) is 6.54 Å². The Kier molecular flexibility index (Phi) is 2.61. The second kappa shape index (κ2) is 4.48. The number of benzene rings is 1. The molecule has 0 heterocycles. The lowest BCUT2D eigenvalue weighted by Gasteiger charge is -2.07. The van der Waals surface area contributed by atoms with E-state index in [-0.39, 0.29) is 5.91 Å². The van der Waals surface area contributed by atoms with Gasteiger partial charge in [-0.2, -0.15) is 0 Å². The zero-order valence-corrected chi connectivity index (χ0v) is 11.8. The summed E-state index contributed by atoms with van der Waals surface area (Å²) in [5.41, 5.74) is 7.00. The summed E-state index contributed by atoms with van der Waals surface area (Å²) in [4.78, 5) is 12.3. The molecule has 1 amide bonds. The van der Waals surface area contributed by atoms with Gasteiger partial charge in [0.15, 0.2) is 0 Å². The van der Waals surface area contributed by atoms with Crippen molar-refractivity contribution in [2.24, 2.45) is 0 Å². The molecule has 0 aliphatic heterocycles. The molecule has 3 aliphatic carbocycles. The number of carbonyl (C=O) groups is 1. The van der Waals surface area contributed by atoms with Gasteiger partial charge in [0, 0.05) is 12.1 Å². The summed E-state index contributed by atoms with van der Waals surface area (Å²) >= 11 is 0. The Morgan fingerprint density at radius 1 is 1.19 bits per heavy atom. The molecule has 1 fully saturated rings. The van der Waals surface area contributed by atoms with Gasteiger partial charge in [-0.25, -0.2) is 0 Å². The molecule has 1 saturated carbocycles. The van der Waals surface area contributed by atoms with Crippen molar-refractivity contribution < 1.29 is 9.53 Å². The van der Waals surface area contributed by atoms with Gasteiger partial charge in [-0.05, 0) is 58.6 Å². The SMILES string of the molecule is COc1ccc(CNC(=O)C2=C3C=C4CC4=C3C=C2)cc1. The molecule has 3 heteroatoms. The normalized spacial score (nSPS) is 17.7. The molecule has 0 radical (unpaired) electrons. The topological polar surface area (TPSA) is 38.3 Å². The molecule has 1 aromatic rings. The highest BCUT2D eigenvalue weighted by Gasteiger charge is 2.35. The van der Waals surface area contributed by atoms with Crippen molar-refractivity contribution in [2.45, 2.75) is 13.0 Å². The fraction of sp³-hybridized carbons (Fsp3) is 0.167. The summed E-state index contributed by atoms with van der Waals surface area (Å²) in [6.07, 6.45) is 7.23. The van der Waals surface area contributed by atoms with Gasteiger partial charge in [-0.3, -0.25) is 4.79 Å². The molecule has 1 aromatic carbocycles. The highest BCUT2D eigenvalue weighted by Crippen LogP contribution is 2.51. The van der Waals surface area contributed by atoms with Gasteiger partial charge >= 0.3 is 0 Å². The number of nitrogens with one attached hydrogen (secondary N) is 1. The van der Waals surface area contributed by atoms with Gasteiger partial charge in [0.1, 0.15) is 5.75 Å². The van der Waals surface area contributed by atoms with Crippen LogP contribution in [0.2, 0.25) is 0 Å². The Morgan fingerprint density at radius 3 is 2.76 bits per heavy atom. The predicted octanol–water partition coefficient (Wildman–Crippen LogP) is 2.82. The predicted molar refractivity (Wildman–Crippen MR) is 80.7 cm³/mol. The Balaban J connectivity index is 1.45. The maximum atomic E-state index is 12.3. The van der Waals surface area contributed by atoms with E-state index >= 15 is 0 Å². The van der Waals surface area contributed by atoms with E-state index in [1.807, 2.05) is 30.3 Å². The van der Waals surface area contributed by atoms with E-state index in [4.69, 9.17) is 4.74 Å². The summed E-state index contributed by atoms with van der Waals surface area (Å²) in [5, 5.41) is 2.98. The zero-order valence-electron chi connectivity index (χ0n) is 11.8. The Morgan fingerprint density at radius 2 is 2.00 bits per heavy atom. The van der Waals surface area contributed by atoms with E-state index in [1.54, 1.807) is 7.11 Å². The number of ether oxygens (including phenoxy) is 1. The van der Waals surface area contributed by atoms with Crippen molar-refractivity contribution in [3.8, 4) is 5.75 Å². The largest absolute Gasteiger partial charge is 0.497 e. The monoisotopic (exact) mass is 277 g/mol.